The number of hydrogen-bond acceptors (Lipinski definition) is 4. The van der Waals surface area contributed by atoms with Crippen molar-refractivity contribution >= 4 is 5.91 Å². The van der Waals surface area contributed by atoms with Crippen molar-refractivity contribution in [1.29, 1.82) is 0 Å². The van der Waals surface area contributed by atoms with E-state index in [9.17, 15) is 4.79 Å². The standard InChI is InChI=1S/C13H17N5O/c1-13(2,14)9-15-12(19)11-8-18(17-16-11)10-6-4-3-5-7-10/h3-8H,9,14H2,1-2H3,(H,15,19). The molecule has 0 spiro atoms. The molecule has 0 aliphatic rings. The van der Waals surface area contributed by atoms with Crippen molar-refractivity contribution in [3.05, 3.63) is 42.2 Å². The zero-order chi connectivity index (χ0) is 13.9. The van der Waals surface area contributed by atoms with Crippen LogP contribution in [0.1, 0.15) is 24.3 Å². The summed E-state index contributed by atoms with van der Waals surface area (Å²) in [6, 6.07) is 9.48. The minimum atomic E-state index is -0.453. The molecule has 1 aromatic carbocycles. The summed E-state index contributed by atoms with van der Waals surface area (Å²) in [6.07, 6.45) is 1.59. The molecule has 100 valence electrons. The van der Waals surface area contributed by atoms with Gasteiger partial charge in [0, 0.05) is 12.1 Å². The monoisotopic (exact) mass is 259 g/mol. The number of aromatic nitrogens is 3. The number of carbonyl (C=O) groups excluding carboxylic acids is 1. The van der Waals surface area contributed by atoms with Crippen molar-refractivity contribution in [1.82, 2.24) is 20.3 Å². The predicted octanol–water partition coefficient (Wildman–Crippen LogP) is 0.734. The third-order valence-electron chi connectivity index (χ3n) is 2.45. The zero-order valence-corrected chi connectivity index (χ0v) is 11.0. The first-order valence-corrected chi connectivity index (χ1v) is 6.00. The Morgan fingerprint density at radius 1 is 1.37 bits per heavy atom. The quantitative estimate of drug-likeness (QED) is 0.847. The van der Waals surface area contributed by atoms with Gasteiger partial charge in [0.05, 0.1) is 11.9 Å². The number of amides is 1. The van der Waals surface area contributed by atoms with E-state index in [0.717, 1.165) is 5.69 Å². The molecule has 0 saturated heterocycles. The molecule has 6 nitrogen and oxygen atoms in total. The molecule has 0 bridgehead atoms. The van der Waals surface area contributed by atoms with E-state index in [4.69, 9.17) is 5.73 Å². The fourth-order valence-electron chi connectivity index (χ4n) is 1.47. The van der Waals surface area contributed by atoms with E-state index in [-0.39, 0.29) is 11.6 Å². The van der Waals surface area contributed by atoms with Crippen LogP contribution in [0.3, 0.4) is 0 Å². The van der Waals surface area contributed by atoms with Gasteiger partial charge in [0.25, 0.3) is 5.91 Å². The van der Waals surface area contributed by atoms with Gasteiger partial charge in [-0.1, -0.05) is 23.4 Å². The van der Waals surface area contributed by atoms with Gasteiger partial charge in [0.2, 0.25) is 0 Å². The highest BCUT2D eigenvalue weighted by Gasteiger charge is 2.15. The second-order valence-electron chi connectivity index (χ2n) is 5.06. The fourth-order valence-corrected chi connectivity index (χ4v) is 1.47. The average molecular weight is 259 g/mol. The maximum Gasteiger partial charge on any atom is 0.273 e. The van der Waals surface area contributed by atoms with E-state index >= 15 is 0 Å². The lowest BCUT2D eigenvalue weighted by molar-refractivity contribution is 0.0941. The number of carbonyl (C=O) groups is 1. The molecule has 1 heterocycles. The molecule has 3 N–H and O–H groups in total. The Hall–Kier alpha value is -2.21. The van der Waals surface area contributed by atoms with Gasteiger partial charge < -0.3 is 11.1 Å². The topological polar surface area (TPSA) is 85.8 Å². The van der Waals surface area contributed by atoms with Crippen molar-refractivity contribution in [3.63, 3.8) is 0 Å². The Morgan fingerprint density at radius 2 is 2.05 bits per heavy atom. The van der Waals surface area contributed by atoms with Crippen LogP contribution in [0.5, 0.6) is 0 Å². The third kappa shape index (κ3) is 3.62. The number of para-hydroxylation sites is 1. The molecule has 0 aliphatic heterocycles. The van der Waals surface area contributed by atoms with Gasteiger partial charge in [-0.3, -0.25) is 4.79 Å². The van der Waals surface area contributed by atoms with E-state index in [1.165, 1.54) is 0 Å². The van der Waals surface area contributed by atoms with E-state index in [0.29, 0.717) is 6.54 Å². The highest BCUT2D eigenvalue weighted by Crippen LogP contribution is 2.05. The van der Waals surface area contributed by atoms with Crippen LogP contribution in [0, 0.1) is 0 Å². The lowest BCUT2D eigenvalue weighted by Crippen LogP contribution is -2.45. The van der Waals surface area contributed by atoms with E-state index < -0.39 is 5.54 Å². The Bertz CT molecular complexity index is 556. The van der Waals surface area contributed by atoms with Gasteiger partial charge in [-0.2, -0.15) is 0 Å². The molecule has 0 saturated carbocycles. The number of nitrogens with one attached hydrogen (secondary N) is 1. The average Bonchev–Trinajstić information content (AvgIpc) is 2.86. The molecule has 6 heteroatoms. The summed E-state index contributed by atoms with van der Waals surface area (Å²) >= 11 is 0. The number of rotatable bonds is 4. The summed E-state index contributed by atoms with van der Waals surface area (Å²) in [7, 11) is 0. The lowest BCUT2D eigenvalue weighted by Gasteiger charge is -2.18. The van der Waals surface area contributed by atoms with Gasteiger partial charge in [-0.25, -0.2) is 4.68 Å². The maximum absolute atomic E-state index is 11.9. The van der Waals surface area contributed by atoms with Gasteiger partial charge in [-0.05, 0) is 26.0 Å². The van der Waals surface area contributed by atoms with Crippen LogP contribution < -0.4 is 11.1 Å². The lowest BCUT2D eigenvalue weighted by atomic mass is 10.1. The Balaban J connectivity index is 2.07. The molecular formula is C13H17N5O. The van der Waals surface area contributed by atoms with Gasteiger partial charge in [0.15, 0.2) is 5.69 Å². The van der Waals surface area contributed by atoms with Crippen LogP contribution in [-0.4, -0.2) is 33.0 Å². The summed E-state index contributed by atoms with van der Waals surface area (Å²) < 4.78 is 1.56. The van der Waals surface area contributed by atoms with E-state index in [1.807, 2.05) is 44.2 Å². The molecule has 0 unspecified atom stereocenters. The smallest absolute Gasteiger partial charge is 0.273 e. The number of nitrogens with zero attached hydrogens (tertiary/aromatic N) is 3. The molecule has 0 radical (unpaired) electrons. The first kappa shape index (κ1) is 13.2. The molecule has 19 heavy (non-hydrogen) atoms. The largest absolute Gasteiger partial charge is 0.349 e. The van der Waals surface area contributed by atoms with Crippen molar-refractivity contribution in [3.8, 4) is 5.69 Å². The molecule has 1 amide bonds. The first-order valence-electron chi connectivity index (χ1n) is 6.00. The highest BCUT2D eigenvalue weighted by atomic mass is 16.2. The molecule has 2 aromatic rings. The van der Waals surface area contributed by atoms with E-state index in [1.54, 1.807) is 10.9 Å². The molecule has 0 aliphatic carbocycles. The van der Waals surface area contributed by atoms with E-state index in [2.05, 4.69) is 15.6 Å². The van der Waals surface area contributed by atoms with Crippen LogP contribution in [0.25, 0.3) is 5.69 Å². The normalized spacial score (nSPS) is 11.3. The minimum absolute atomic E-state index is 0.271. The summed E-state index contributed by atoms with van der Waals surface area (Å²) in [5.41, 5.74) is 6.48. The third-order valence-corrected chi connectivity index (χ3v) is 2.45. The molecular weight excluding hydrogens is 242 g/mol. The molecule has 0 atom stereocenters. The van der Waals surface area contributed by atoms with Crippen LogP contribution in [-0.2, 0) is 0 Å². The van der Waals surface area contributed by atoms with Crippen molar-refractivity contribution < 1.29 is 4.79 Å². The van der Waals surface area contributed by atoms with Crippen molar-refractivity contribution in [2.24, 2.45) is 5.73 Å². The highest BCUT2D eigenvalue weighted by molar-refractivity contribution is 5.91. The van der Waals surface area contributed by atoms with Gasteiger partial charge in [0.1, 0.15) is 0 Å². The van der Waals surface area contributed by atoms with Crippen LogP contribution in [0.15, 0.2) is 36.5 Å². The minimum Gasteiger partial charge on any atom is -0.349 e. The SMILES string of the molecule is CC(C)(N)CNC(=O)c1cn(-c2ccccc2)nn1. The van der Waals surface area contributed by atoms with Crippen molar-refractivity contribution in [2.75, 3.05) is 6.54 Å². The van der Waals surface area contributed by atoms with Gasteiger partial charge >= 0.3 is 0 Å². The zero-order valence-electron chi connectivity index (χ0n) is 11.0. The summed E-state index contributed by atoms with van der Waals surface area (Å²) in [6.45, 7) is 4.06. The van der Waals surface area contributed by atoms with Gasteiger partial charge in [-0.15, -0.1) is 5.10 Å². The van der Waals surface area contributed by atoms with Crippen LogP contribution in [0.4, 0.5) is 0 Å². The first-order chi connectivity index (χ1) is 8.96. The van der Waals surface area contributed by atoms with Crippen molar-refractivity contribution in [2.45, 2.75) is 19.4 Å². The summed E-state index contributed by atoms with van der Waals surface area (Å²) in [5.74, 6) is -0.277. The molecule has 2 rings (SSSR count). The number of nitrogens with two attached hydrogens (primary N) is 1. The number of benzene rings is 1. The Kier molecular flexibility index (Phi) is 3.62. The Labute approximate surface area is 111 Å². The predicted molar refractivity (Wildman–Crippen MR) is 72.0 cm³/mol. The second kappa shape index (κ2) is 5.19. The summed E-state index contributed by atoms with van der Waals surface area (Å²) in [5, 5.41) is 10.5. The fraction of sp³-hybridized carbons (Fsp3) is 0.308. The molecule has 0 fully saturated rings. The second-order valence-corrected chi connectivity index (χ2v) is 5.06. The molecule has 1 aromatic heterocycles. The Morgan fingerprint density at radius 3 is 2.68 bits per heavy atom. The van der Waals surface area contributed by atoms with Crippen LogP contribution in [0.2, 0.25) is 0 Å². The van der Waals surface area contributed by atoms with Crippen LogP contribution >= 0.6 is 0 Å². The summed E-state index contributed by atoms with van der Waals surface area (Å²) in [4.78, 5) is 11.9. The maximum atomic E-state index is 11.9. The number of hydrogen-bond donors (Lipinski definition) is 2.